The Morgan fingerprint density at radius 2 is 2.20 bits per heavy atom. The Labute approximate surface area is 128 Å². The van der Waals surface area contributed by atoms with Crippen molar-refractivity contribution in [3.05, 3.63) is 33.0 Å². The zero-order valence-corrected chi connectivity index (χ0v) is 13.9. The summed E-state index contributed by atoms with van der Waals surface area (Å²) >= 11 is 3.65. The molecule has 0 saturated heterocycles. The second-order valence-corrected chi connectivity index (χ2v) is 8.10. The minimum atomic E-state index is 0.139. The average molecular weight is 307 g/mol. The molecule has 0 aromatic carbocycles. The van der Waals surface area contributed by atoms with Crippen LogP contribution in [0.4, 0.5) is 5.13 Å². The maximum atomic E-state index is 4.78. The van der Waals surface area contributed by atoms with Crippen molar-refractivity contribution in [3.8, 4) is 0 Å². The van der Waals surface area contributed by atoms with Gasteiger partial charge in [-0.05, 0) is 44.2 Å². The standard InChI is InChI=1S/C15H21N3S2/c1-15(2,3)16-8-12-10-20-14(17-12)18-6-4-13-11(9-18)5-7-19-13/h5,7,10,16H,4,6,8-9H2,1-3H3. The van der Waals surface area contributed by atoms with Gasteiger partial charge in [-0.1, -0.05) is 0 Å². The van der Waals surface area contributed by atoms with Crippen LogP contribution >= 0.6 is 22.7 Å². The minimum Gasteiger partial charge on any atom is -0.343 e. The lowest BCUT2D eigenvalue weighted by Gasteiger charge is -2.26. The Balaban J connectivity index is 1.66. The van der Waals surface area contributed by atoms with Gasteiger partial charge < -0.3 is 10.2 Å². The molecule has 0 fully saturated rings. The molecular weight excluding hydrogens is 286 g/mol. The second kappa shape index (κ2) is 5.47. The quantitative estimate of drug-likeness (QED) is 0.938. The van der Waals surface area contributed by atoms with Gasteiger partial charge >= 0.3 is 0 Å². The lowest BCUT2D eigenvalue weighted by atomic mass is 10.1. The van der Waals surface area contributed by atoms with Gasteiger partial charge in [-0.25, -0.2) is 4.98 Å². The van der Waals surface area contributed by atoms with Crippen molar-refractivity contribution in [3.63, 3.8) is 0 Å². The number of nitrogens with one attached hydrogen (secondary N) is 1. The Bertz CT molecular complexity index is 580. The Morgan fingerprint density at radius 3 is 3.00 bits per heavy atom. The lowest BCUT2D eigenvalue weighted by molar-refractivity contribution is 0.422. The fourth-order valence-electron chi connectivity index (χ4n) is 2.29. The summed E-state index contributed by atoms with van der Waals surface area (Å²) in [7, 11) is 0. The molecule has 1 aliphatic rings. The van der Waals surface area contributed by atoms with E-state index in [0.717, 1.165) is 36.9 Å². The van der Waals surface area contributed by atoms with Crippen LogP contribution in [0.15, 0.2) is 16.8 Å². The molecule has 0 bridgehead atoms. The Morgan fingerprint density at radius 1 is 1.35 bits per heavy atom. The van der Waals surface area contributed by atoms with E-state index in [9.17, 15) is 0 Å². The normalized spacial score (nSPS) is 15.4. The van der Waals surface area contributed by atoms with Crippen molar-refractivity contribution >= 4 is 27.8 Å². The molecule has 3 nitrogen and oxygen atoms in total. The van der Waals surface area contributed by atoms with E-state index in [0.29, 0.717) is 0 Å². The number of thiazole rings is 1. The predicted octanol–water partition coefficient (Wildman–Crippen LogP) is 3.66. The van der Waals surface area contributed by atoms with E-state index in [1.54, 1.807) is 16.2 Å². The van der Waals surface area contributed by atoms with Crippen LogP contribution < -0.4 is 10.2 Å². The van der Waals surface area contributed by atoms with Crippen LogP contribution in [0.1, 0.15) is 36.9 Å². The lowest BCUT2D eigenvalue weighted by Crippen LogP contribution is -2.35. The molecule has 0 saturated carbocycles. The van der Waals surface area contributed by atoms with Crippen molar-refractivity contribution in [2.24, 2.45) is 0 Å². The van der Waals surface area contributed by atoms with Crippen LogP contribution in [-0.4, -0.2) is 17.1 Å². The van der Waals surface area contributed by atoms with Crippen molar-refractivity contribution in [2.45, 2.75) is 45.8 Å². The number of anilines is 1. The third-order valence-electron chi connectivity index (χ3n) is 3.42. The first-order valence-electron chi connectivity index (χ1n) is 7.01. The van der Waals surface area contributed by atoms with Gasteiger partial charge in [-0.3, -0.25) is 0 Å². The maximum absolute atomic E-state index is 4.78. The summed E-state index contributed by atoms with van der Waals surface area (Å²) in [5.74, 6) is 0. The molecule has 2 aromatic heterocycles. The summed E-state index contributed by atoms with van der Waals surface area (Å²) in [4.78, 5) is 8.73. The van der Waals surface area contributed by atoms with Gasteiger partial charge in [-0.2, -0.15) is 0 Å². The Kier molecular flexibility index (Phi) is 3.84. The molecule has 1 N–H and O–H groups in total. The van der Waals surface area contributed by atoms with E-state index >= 15 is 0 Å². The molecule has 108 valence electrons. The fraction of sp³-hybridized carbons (Fsp3) is 0.533. The summed E-state index contributed by atoms with van der Waals surface area (Å²) in [6.07, 6.45) is 1.15. The predicted molar refractivity (Wildman–Crippen MR) is 87.8 cm³/mol. The molecule has 1 aliphatic heterocycles. The van der Waals surface area contributed by atoms with Crippen LogP contribution in [0, 0.1) is 0 Å². The summed E-state index contributed by atoms with van der Waals surface area (Å²) in [5, 5.41) is 9.03. The van der Waals surface area contributed by atoms with Gasteiger partial charge in [0, 0.05) is 35.4 Å². The van der Waals surface area contributed by atoms with E-state index in [1.165, 1.54) is 5.56 Å². The maximum Gasteiger partial charge on any atom is 0.185 e. The smallest absolute Gasteiger partial charge is 0.185 e. The number of aromatic nitrogens is 1. The molecule has 0 aliphatic carbocycles. The third-order valence-corrected chi connectivity index (χ3v) is 5.39. The van der Waals surface area contributed by atoms with Gasteiger partial charge in [-0.15, -0.1) is 22.7 Å². The molecule has 5 heteroatoms. The third kappa shape index (κ3) is 3.22. The highest BCUT2D eigenvalue weighted by atomic mass is 32.1. The number of hydrogen-bond acceptors (Lipinski definition) is 5. The molecule has 2 aromatic rings. The topological polar surface area (TPSA) is 28.2 Å². The van der Waals surface area contributed by atoms with Gasteiger partial charge in [0.15, 0.2) is 5.13 Å². The molecule has 0 atom stereocenters. The van der Waals surface area contributed by atoms with Gasteiger partial charge in [0.25, 0.3) is 0 Å². The van der Waals surface area contributed by atoms with Crippen LogP contribution in [0.2, 0.25) is 0 Å². The summed E-state index contributed by atoms with van der Waals surface area (Å²) in [6.45, 7) is 9.50. The fourth-order valence-corrected chi connectivity index (χ4v) is 4.03. The molecule has 0 spiro atoms. The number of thiophene rings is 1. The van der Waals surface area contributed by atoms with E-state index < -0.39 is 0 Å². The second-order valence-electron chi connectivity index (χ2n) is 6.27. The molecule has 3 heterocycles. The van der Waals surface area contributed by atoms with Crippen LogP contribution in [0.25, 0.3) is 0 Å². The molecular formula is C15H21N3S2. The first kappa shape index (κ1) is 14.0. The number of hydrogen-bond donors (Lipinski definition) is 1. The molecule has 20 heavy (non-hydrogen) atoms. The number of fused-ring (bicyclic) bond motifs is 1. The Hall–Kier alpha value is -0.910. The highest BCUT2D eigenvalue weighted by molar-refractivity contribution is 7.13. The average Bonchev–Trinajstić information content (AvgIpc) is 3.03. The van der Waals surface area contributed by atoms with E-state index in [2.05, 4.69) is 47.8 Å². The van der Waals surface area contributed by atoms with E-state index in [4.69, 9.17) is 4.98 Å². The van der Waals surface area contributed by atoms with Crippen molar-refractivity contribution in [1.29, 1.82) is 0 Å². The zero-order valence-electron chi connectivity index (χ0n) is 12.3. The highest BCUT2D eigenvalue weighted by Gasteiger charge is 2.20. The monoisotopic (exact) mass is 307 g/mol. The highest BCUT2D eigenvalue weighted by Crippen LogP contribution is 2.29. The molecule has 3 rings (SSSR count). The molecule has 0 unspecified atom stereocenters. The zero-order chi connectivity index (χ0) is 14.2. The molecule has 0 amide bonds. The SMILES string of the molecule is CC(C)(C)NCc1csc(N2CCc3sccc3C2)n1. The summed E-state index contributed by atoms with van der Waals surface area (Å²) < 4.78 is 0. The van der Waals surface area contributed by atoms with Crippen molar-refractivity contribution in [1.82, 2.24) is 10.3 Å². The van der Waals surface area contributed by atoms with Gasteiger partial charge in [0.2, 0.25) is 0 Å². The van der Waals surface area contributed by atoms with E-state index in [-0.39, 0.29) is 5.54 Å². The van der Waals surface area contributed by atoms with Gasteiger partial charge in [0.05, 0.1) is 5.69 Å². The number of rotatable bonds is 3. The van der Waals surface area contributed by atoms with Gasteiger partial charge in [0.1, 0.15) is 0 Å². The van der Waals surface area contributed by atoms with Crippen LogP contribution in [0.5, 0.6) is 0 Å². The first-order valence-corrected chi connectivity index (χ1v) is 8.77. The number of nitrogens with zero attached hydrogens (tertiary/aromatic N) is 2. The largest absolute Gasteiger partial charge is 0.343 e. The summed E-state index contributed by atoms with van der Waals surface area (Å²) in [5.41, 5.74) is 2.77. The van der Waals surface area contributed by atoms with E-state index in [1.807, 2.05) is 11.3 Å². The first-order chi connectivity index (χ1) is 9.51. The van der Waals surface area contributed by atoms with Crippen LogP contribution in [-0.2, 0) is 19.5 Å². The van der Waals surface area contributed by atoms with Crippen LogP contribution in [0.3, 0.4) is 0 Å². The van der Waals surface area contributed by atoms with Crippen molar-refractivity contribution in [2.75, 3.05) is 11.4 Å². The van der Waals surface area contributed by atoms with Crippen molar-refractivity contribution < 1.29 is 0 Å². The summed E-state index contributed by atoms with van der Waals surface area (Å²) in [6, 6.07) is 2.25. The molecule has 0 radical (unpaired) electrons. The minimum absolute atomic E-state index is 0.139.